The van der Waals surface area contributed by atoms with E-state index >= 15 is 0 Å². The molecule has 2 N–H and O–H groups in total. The van der Waals surface area contributed by atoms with Crippen LogP contribution in [-0.2, 0) is 6.61 Å². The van der Waals surface area contributed by atoms with Crippen molar-refractivity contribution in [3.8, 4) is 23.2 Å². The highest BCUT2D eigenvalue weighted by Gasteiger charge is 2.13. The van der Waals surface area contributed by atoms with Gasteiger partial charge in [0, 0.05) is 5.56 Å². The van der Waals surface area contributed by atoms with Gasteiger partial charge in [-0.05, 0) is 12.5 Å². The van der Waals surface area contributed by atoms with E-state index in [1.54, 1.807) is 31.2 Å². The second-order valence-corrected chi connectivity index (χ2v) is 3.76. The quantitative estimate of drug-likeness (QED) is 0.831. The van der Waals surface area contributed by atoms with E-state index in [9.17, 15) is 10.2 Å². The molecular weight excluding hydrogens is 230 g/mol. The van der Waals surface area contributed by atoms with Crippen LogP contribution in [0.3, 0.4) is 0 Å². The van der Waals surface area contributed by atoms with Crippen molar-refractivity contribution in [3.05, 3.63) is 41.2 Å². The van der Waals surface area contributed by atoms with Gasteiger partial charge in [-0.15, -0.1) is 0 Å². The van der Waals surface area contributed by atoms with Crippen molar-refractivity contribution in [2.75, 3.05) is 0 Å². The van der Waals surface area contributed by atoms with E-state index in [2.05, 4.69) is 9.97 Å². The molecule has 0 unspecified atom stereocenters. The molecule has 5 nitrogen and oxygen atoms in total. The molecule has 1 heterocycles. The zero-order valence-corrected chi connectivity index (χ0v) is 9.75. The van der Waals surface area contributed by atoms with Gasteiger partial charge in [-0.3, -0.25) is 0 Å². The number of aliphatic hydroxyl groups excluding tert-OH is 1. The van der Waals surface area contributed by atoms with Gasteiger partial charge >= 0.3 is 0 Å². The third kappa shape index (κ3) is 2.01. The fourth-order valence-corrected chi connectivity index (χ4v) is 1.73. The molecule has 0 saturated carbocycles. The second-order valence-electron chi connectivity index (χ2n) is 3.76. The number of aryl methyl sites for hydroxylation is 1. The lowest BCUT2D eigenvalue weighted by atomic mass is 10.0. The number of hydrogen-bond donors (Lipinski definition) is 2. The first-order chi connectivity index (χ1) is 8.67. The van der Waals surface area contributed by atoms with Gasteiger partial charge in [-0.2, -0.15) is 5.26 Å². The van der Waals surface area contributed by atoms with Crippen molar-refractivity contribution in [1.29, 1.82) is 5.26 Å². The predicted octanol–water partition coefficient (Wildman–Crippen LogP) is 1.52. The van der Waals surface area contributed by atoms with E-state index in [0.29, 0.717) is 22.5 Å². The van der Waals surface area contributed by atoms with Gasteiger partial charge in [-0.25, -0.2) is 9.97 Å². The summed E-state index contributed by atoms with van der Waals surface area (Å²) in [7, 11) is 0. The predicted molar refractivity (Wildman–Crippen MR) is 64.5 cm³/mol. The summed E-state index contributed by atoms with van der Waals surface area (Å²) in [6, 6.07) is 8.94. The van der Waals surface area contributed by atoms with E-state index in [1.165, 1.54) is 0 Å². The Kier molecular flexibility index (Phi) is 3.22. The maximum atomic E-state index is 9.58. The minimum Gasteiger partial charge on any atom is -0.491 e. The molecule has 5 heteroatoms. The first kappa shape index (κ1) is 12.0. The summed E-state index contributed by atoms with van der Waals surface area (Å²) >= 11 is 0. The Morgan fingerprint density at radius 2 is 2.00 bits per heavy atom. The van der Waals surface area contributed by atoms with Crippen molar-refractivity contribution in [1.82, 2.24) is 9.97 Å². The highest BCUT2D eigenvalue weighted by molar-refractivity contribution is 5.66. The van der Waals surface area contributed by atoms with Gasteiger partial charge < -0.3 is 10.2 Å². The lowest BCUT2D eigenvalue weighted by Gasteiger charge is -2.09. The Hall–Kier alpha value is -2.45. The molecule has 0 bridgehead atoms. The first-order valence-electron chi connectivity index (χ1n) is 5.34. The molecule has 0 aliphatic carbocycles. The van der Waals surface area contributed by atoms with Gasteiger partial charge in [0.1, 0.15) is 6.07 Å². The SMILES string of the molecule is Cc1nc(C#N)c(O)nc1-c1ccccc1CO. The normalized spacial score (nSPS) is 10.1. The average Bonchev–Trinajstić information content (AvgIpc) is 2.41. The van der Waals surface area contributed by atoms with Crippen LogP contribution >= 0.6 is 0 Å². The van der Waals surface area contributed by atoms with Gasteiger partial charge in [0.25, 0.3) is 0 Å². The summed E-state index contributed by atoms with van der Waals surface area (Å²) in [4.78, 5) is 7.97. The number of rotatable bonds is 2. The standard InChI is InChI=1S/C13H11N3O2/c1-8-12(16-13(18)11(6-14)15-8)10-5-3-2-4-9(10)7-17/h2-5,17H,7H2,1H3,(H,16,18). The van der Waals surface area contributed by atoms with Crippen LogP contribution in [0.2, 0.25) is 0 Å². The lowest BCUT2D eigenvalue weighted by molar-refractivity contribution is 0.282. The monoisotopic (exact) mass is 241 g/mol. The zero-order chi connectivity index (χ0) is 13.1. The van der Waals surface area contributed by atoms with Crippen LogP contribution in [-0.4, -0.2) is 20.2 Å². The fourth-order valence-electron chi connectivity index (χ4n) is 1.73. The number of benzene rings is 1. The molecule has 0 radical (unpaired) electrons. The molecule has 1 aromatic carbocycles. The molecule has 0 aliphatic rings. The smallest absolute Gasteiger partial charge is 0.249 e. The molecule has 0 spiro atoms. The van der Waals surface area contributed by atoms with E-state index < -0.39 is 5.88 Å². The van der Waals surface area contributed by atoms with E-state index in [0.717, 1.165) is 0 Å². The maximum Gasteiger partial charge on any atom is 0.249 e. The van der Waals surface area contributed by atoms with E-state index in [1.807, 2.05) is 6.07 Å². The second kappa shape index (κ2) is 4.82. The van der Waals surface area contributed by atoms with Gasteiger partial charge in [-0.1, -0.05) is 24.3 Å². The van der Waals surface area contributed by atoms with Crippen molar-refractivity contribution in [3.63, 3.8) is 0 Å². The molecule has 2 rings (SSSR count). The van der Waals surface area contributed by atoms with Crippen LogP contribution < -0.4 is 0 Å². The highest BCUT2D eigenvalue weighted by atomic mass is 16.3. The Morgan fingerprint density at radius 1 is 1.28 bits per heavy atom. The number of nitrogens with zero attached hydrogens (tertiary/aromatic N) is 3. The highest BCUT2D eigenvalue weighted by Crippen LogP contribution is 2.26. The number of aromatic hydroxyl groups is 1. The van der Waals surface area contributed by atoms with Crippen molar-refractivity contribution >= 4 is 0 Å². The Bertz CT molecular complexity index is 633. The summed E-state index contributed by atoms with van der Waals surface area (Å²) in [5, 5.41) is 27.6. The summed E-state index contributed by atoms with van der Waals surface area (Å²) in [5.74, 6) is -0.397. The summed E-state index contributed by atoms with van der Waals surface area (Å²) in [6.45, 7) is 1.58. The summed E-state index contributed by atoms with van der Waals surface area (Å²) < 4.78 is 0. The molecule has 0 saturated heterocycles. The fraction of sp³-hybridized carbons (Fsp3) is 0.154. The molecular formula is C13H11N3O2. The third-order valence-electron chi connectivity index (χ3n) is 2.60. The van der Waals surface area contributed by atoms with Gasteiger partial charge in [0.15, 0.2) is 0 Å². The topological polar surface area (TPSA) is 90.0 Å². The van der Waals surface area contributed by atoms with Crippen LogP contribution in [0.25, 0.3) is 11.3 Å². The van der Waals surface area contributed by atoms with Crippen molar-refractivity contribution in [2.24, 2.45) is 0 Å². The van der Waals surface area contributed by atoms with E-state index in [4.69, 9.17) is 5.26 Å². The summed E-state index contributed by atoms with van der Waals surface area (Å²) in [5.41, 5.74) is 2.29. The molecule has 18 heavy (non-hydrogen) atoms. The van der Waals surface area contributed by atoms with Crippen LogP contribution in [0.15, 0.2) is 24.3 Å². The molecule has 1 aromatic heterocycles. The van der Waals surface area contributed by atoms with Gasteiger partial charge in [0.2, 0.25) is 11.6 Å². The molecule has 0 atom stereocenters. The molecule has 90 valence electrons. The van der Waals surface area contributed by atoms with Crippen LogP contribution in [0.4, 0.5) is 0 Å². The minimum atomic E-state index is -0.397. The zero-order valence-electron chi connectivity index (χ0n) is 9.75. The maximum absolute atomic E-state index is 9.58. The molecule has 0 aliphatic heterocycles. The number of nitriles is 1. The lowest BCUT2D eigenvalue weighted by Crippen LogP contribution is -1.99. The summed E-state index contributed by atoms with van der Waals surface area (Å²) in [6.07, 6.45) is 0. The number of aliphatic hydroxyl groups is 1. The van der Waals surface area contributed by atoms with Gasteiger partial charge in [0.05, 0.1) is 18.0 Å². The van der Waals surface area contributed by atoms with Crippen LogP contribution in [0, 0.1) is 18.3 Å². The Labute approximate surface area is 104 Å². The third-order valence-corrected chi connectivity index (χ3v) is 2.60. The average molecular weight is 241 g/mol. The minimum absolute atomic E-state index is 0.0993. The van der Waals surface area contributed by atoms with Crippen LogP contribution in [0.1, 0.15) is 17.0 Å². The molecule has 0 amide bonds. The first-order valence-corrected chi connectivity index (χ1v) is 5.34. The Balaban J connectivity index is 2.65. The molecule has 2 aromatic rings. The number of hydrogen-bond acceptors (Lipinski definition) is 5. The van der Waals surface area contributed by atoms with E-state index in [-0.39, 0.29) is 12.3 Å². The number of aromatic nitrogens is 2. The van der Waals surface area contributed by atoms with Crippen molar-refractivity contribution in [2.45, 2.75) is 13.5 Å². The van der Waals surface area contributed by atoms with Crippen LogP contribution in [0.5, 0.6) is 5.88 Å². The molecule has 0 fully saturated rings. The largest absolute Gasteiger partial charge is 0.491 e. The Morgan fingerprint density at radius 3 is 2.67 bits per heavy atom. The van der Waals surface area contributed by atoms with Crippen molar-refractivity contribution < 1.29 is 10.2 Å².